The first-order valence-electron chi connectivity index (χ1n) is 6.98. The van der Waals surface area contributed by atoms with Crippen LogP contribution in [0.4, 0.5) is 0 Å². The Morgan fingerprint density at radius 1 is 1.20 bits per heavy atom. The summed E-state index contributed by atoms with van der Waals surface area (Å²) in [6, 6.07) is 7.45. The Hall–Kier alpha value is -2.09. The number of carbonyl (C=O) groups excluding carboxylic acids is 1. The molecule has 1 unspecified atom stereocenters. The number of para-hydroxylation sites is 1. The molecule has 0 radical (unpaired) electrons. The fourth-order valence-corrected chi connectivity index (χ4v) is 2.26. The van der Waals surface area contributed by atoms with Crippen LogP contribution in [0.3, 0.4) is 0 Å². The van der Waals surface area contributed by atoms with Crippen LogP contribution in [0.2, 0.25) is 0 Å². The molecule has 104 valence electrons. The molecular formula is C18H20O2. The third-order valence-electron chi connectivity index (χ3n) is 3.46. The van der Waals surface area contributed by atoms with Gasteiger partial charge in [0.05, 0.1) is 5.56 Å². The van der Waals surface area contributed by atoms with Crippen LogP contribution in [-0.2, 0) is 0 Å². The summed E-state index contributed by atoms with van der Waals surface area (Å²) in [4.78, 5) is 12.6. The van der Waals surface area contributed by atoms with Crippen molar-refractivity contribution in [3.63, 3.8) is 0 Å². The van der Waals surface area contributed by atoms with E-state index >= 15 is 0 Å². The van der Waals surface area contributed by atoms with Gasteiger partial charge in [0.25, 0.3) is 0 Å². The molecule has 0 spiro atoms. The second-order valence-corrected chi connectivity index (χ2v) is 4.79. The zero-order valence-electron chi connectivity index (χ0n) is 12.0. The molecule has 0 aliphatic carbocycles. The summed E-state index contributed by atoms with van der Waals surface area (Å²) < 4.78 is 5.70. The van der Waals surface area contributed by atoms with Crippen LogP contribution in [0.15, 0.2) is 60.2 Å². The second-order valence-electron chi connectivity index (χ2n) is 4.79. The predicted molar refractivity (Wildman–Crippen MR) is 82.1 cm³/mol. The number of Topliss-reactive ketones (excluding diaryl/α,β-unsaturated/α-hetero) is 1. The van der Waals surface area contributed by atoms with Crippen molar-refractivity contribution < 1.29 is 9.53 Å². The summed E-state index contributed by atoms with van der Waals surface area (Å²) in [6.45, 7) is 4.40. The number of ether oxygens (including phenoxy) is 1. The van der Waals surface area contributed by atoms with E-state index in [0.29, 0.717) is 17.9 Å². The SMILES string of the molecule is C/C=C1\C=C/C/C=C\COc2ccccc2C(=O)C1C. The van der Waals surface area contributed by atoms with Gasteiger partial charge in [-0.2, -0.15) is 0 Å². The van der Waals surface area contributed by atoms with Crippen LogP contribution in [-0.4, -0.2) is 12.4 Å². The molecule has 2 rings (SSSR count). The number of hydrogen-bond donors (Lipinski definition) is 0. The first kappa shape index (κ1) is 14.3. The highest BCUT2D eigenvalue weighted by Gasteiger charge is 2.20. The Morgan fingerprint density at radius 3 is 2.80 bits per heavy atom. The zero-order valence-corrected chi connectivity index (χ0v) is 12.0. The first-order valence-corrected chi connectivity index (χ1v) is 6.98. The van der Waals surface area contributed by atoms with Crippen LogP contribution >= 0.6 is 0 Å². The highest BCUT2D eigenvalue weighted by Crippen LogP contribution is 2.25. The summed E-state index contributed by atoms with van der Waals surface area (Å²) in [5.41, 5.74) is 1.69. The number of carbonyl (C=O) groups is 1. The summed E-state index contributed by atoms with van der Waals surface area (Å²) in [7, 11) is 0. The van der Waals surface area contributed by atoms with Crippen LogP contribution in [0, 0.1) is 5.92 Å². The number of rotatable bonds is 0. The molecule has 1 aromatic rings. The van der Waals surface area contributed by atoms with E-state index in [1.165, 1.54) is 0 Å². The predicted octanol–water partition coefficient (Wildman–Crippen LogP) is 4.35. The molecule has 0 fully saturated rings. The van der Waals surface area contributed by atoms with Gasteiger partial charge in [0.1, 0.15) is 12.4 Å². The molecule has 0 saturated carbocycles. The van der Waals surface area contributed by atoms with E-state index in [1.54, 1.807) is 0 Å². The minimum absolute atomic E-state index is 0.0999. The Labute approximate surface area is 120 Å². The number of ketones is 1. The number of hydrogen-bond acceptors (Lipinski definition) is 2. The maximum atomic E-state index is 12.6. The molecule has 2 heteroatoms. The van der Waals surface area contributed by atoms with Crippen molar-refractivity contribution >= 4 is 5.78 Å². The van der Waals surface area contributed by atoms with E-state index in [4.69, 9.17) is 4.74 Å². The number of benzene rings is 1. The number of fused-ring (bicyclic) bond motifs is 1. The maximum absolute atomic E-state index is 12.6. The highest BCUT2D eigenvalue weighted by molar-refractivity contribution is 6.01. The van der Waals surface area contributed by atoms with Gasteiger partial charge in [-0.1, -0.05) is 49.4 Å². The molecule has 0 saturated heterocycles. The summed E-state index contributed by atoms with van der Waals surface area (Å²) in [6.07, 6.45) is 11.0. The van der Waals surface area contributed by atoms with E-state index in [1.807, 2.05) is 56.3 Å². The average Bonchev–Trinajstić information content (AvgIpc) is 2.48. The molecule has 1 aliphatic rings. The first-order chi connectivity index (χ1) is 9.74. The smallest absolute Gasteiger partial charge is 0.173 e. The van der Waals surface area contributed by atoms with Crippen molar-refractivity contribution in [2.75, 3.05) is 6.61 Å². The lowest BCUT2D eigenvalue weighted by Crippen LogP contribution is -2.14. The largest absolute Gasteiger partial charge is 0.489 e. The number of allylic oxidation sites excluding steroid dienone is 5. The van der Waals surface area contributed by atoms with Gasteiger partial charge >= 0.3 is 0 Å². The third kappa shape index (κ3) is 3.27. The van der Waals surface area contributed by atoms with Crippen LogP contribution < -0.4 is 4.74 Å². The van der Waals surface area contributed by atoms with Crippen LogP contribution in [0.5, 0.6) is 5.75 Å². The molecule has 1 aromatic carbocycles. The van der Waals surface area contributed by atoms with Crippen molar-refractivity contribution in [2.24, 2.45) is 5.92 Å². The Kier molecular flexibility index (Phi) is 4.94. The quantitative estimate of drug-likeness (QED) is 0.654. The standard InChI is InChI=1S/C18H20O2/c1-3-15-10-6-4-5-9-13-20-17-12-8-7-11-16(17)18(19)14(15)2/h3,5-12,14H,4,13H2,1-2H3/b9-5-,10-6-,15-3+. The van der Waals surface area contributed by atoms with Crippen molar-refractivity contribution in [3.8, 4) is 5.75 Å². The fraction of sp³-hybridized carbons (Fsp3) is 0.278. The zero-order chi connectivity index (χ0) is 14.4. The lowest BCUT2D eigenvalue weighted by Gasteiger charge is -2.15. The lowest BCUT2D eigenvalue weighted by atomic mass is 9.91. The molecule has 1 atom stereocenters. The van der Waals surface area contributed by atoms with Gasteiger partial charge in [-0.05, 0) is 31.1 Å². The molecule has 0 amide bonds. The molecule has 0 N–H and O–H groups in total. The van der Waals surface area contributed by atoms with E-state index in [2.05, 4.69) is 12.2 Å². The van der Waals surface area contributed by atoms with Crippen LogP contribution in [0.1, 0.15) is 30.6 Å². The Balaban J connectivity index is 2.42. The normalized spacial score (nSPS) is 25.0. The van der Waals surface area contributed by atoms with Gasteiger partial charge in [-0.3, -0.25) is 4.79 Å². The molecule has 20 heavy (non-hydrogen) atoms. The monoisotopic (exact) mass is 268 g/mol. The summed E-state index contributed by atoms with van der Waals surface area (Å²) in [5.74, 6) is 0.598. The van der Waals surface area contributed by atoms with Crippen molar-refractivity contribution in [2.45, 2.75) is 20.3 Å². The summed E-state index contributed by atoms with van der Waals surface area (Å²) >= 11 is 0. The van der Waals surface area contributed by atoms with Gasteiger partial charge in [-0.25, -0.2) is 0 Å². The topological polar surface area (TPSA) is 26.3 Å². The summed E-state index contributed by atoms with van der Waals surface area (Å²) in [5, 5.41) is 0. The van der Waals surface area contributed by atoms with Gasteiger partial charge in [0, 0.05) is 5.92 Å². The highest BCUT2D eigenvalue weighted by atomic mass is 16.5. The van der Waals surface area contributed by atoms with Gasteiger partial charge < -0.3 is 4.74 Å². The van der Waals surface area contributed by atoms with E-state index < -0.39 is 0 Å². The van der Waals surface area contributed by atoms with Crippen LogP contribution in [0.25, 0.3) is 0 Å². The minimum Gasteiger partial charge on any atom is -0.489 e. The molecule has 1 aliphatic heterocycles. The average molecular weight is 268 g/mol. The lowest BCUT2D eigenvalue weighted by molar-refractivity contribution is 0.0946. The minimum atomic E-state index is -0.163. The molecular weight excluding hydrogens is 248 g/mol. The van der Waals surface area contributed by atoms with Gasteiger partial charge in [-0.15, -0.1) is 0 Å². The molecule has 0 bridgehead atoms. The molecule has 1 heterocycles. The van der Waals surface area contributed by atoms with Gasteiger partial charge in [0.2, 0.25) is 0 Å². The third-order valence-corrected chi connectivity index (χ3v) is 3.46. The van der Waals surface area contributed by atoms with Crippen molar-refractivity contribution in [1.82, 2.24) is 0 Å². The van der Waals surface area contributed by atoms with E-state index in [9.17, 15) is 4.79 Å². The van der Waals surface area contributed by atoms with E-state index in [-0.39, 0.29) is 11.7 Å². The van der Waals surface area contributed by atoms with Crippen molar-refractivity contribution in [3.05, 3.63) is 65.8 Å². The van der Waals surface area contributed by atoms with Gasteiger partial charge in [0.15, 0.2) is 5.78 Å². The van der Waals surface area contributed by atoms with E-state index in [0.717, 1.165) is 12.0 Å². The van der Waals surface area contributed by atoms with Crippen molar-refractivity contribution in [1.29, 1.82) is 0 Å². The maximum Gasteiger partial charge on any atom is 0.173 e. The Morgan fingerprint density at radius 2 is 2.00 bits per heavy atom. The second kappa shape index (κ2) is 6.90. The Bertz CT molecular complexity index is 565. The molecule has 0 aromatic heterocycles. The molecule has 2 nitrogen and oxygen atoms in total. The fourth-order valence-electron chi connectivity index (χ4n) is 2.26.